The molecule has 3 aromatic heterocycles. The zero-order chi connectivity index (χ0) is 29.3. The molecule has 7 nitrogen and oxygen atoms in total. The standard InChI is InChI=1S/C29H26N2O5S6/c32-41(33)15-3-11-30-22-17-20(24-5-1-13-37-24)7-9-26(22)39-28(30)19-29-31(12-4-16-42(34,35)36)23-18-21(8-10-27(23)40-29)25-6-2-14-38-25/h1-2,5-10,13-14,17-19H,3-4,11-12,15-16H2,(H-,32,33,34,35,36)/p-1. The Bertz CT molecular complexity index is 1880. The van der Waals surface area contributed by atoms with Crippen LogP contribution in [0.4, 0.5) is 5.69 Å². The molecular formula is C29H25N2O5S6-. The number of hydrogen-bond acceptors (Lipinski definition) is 10. The van der Waals surface area contributed by atoms with Gasteiger partial charge in [0.1, 0.15) is 4.70 Å². The lowest BCUT2D eigenvalue weighted by Crippen LogP contribution is -2.36. The number of aryl methyl sites for hydroxylation is 1. The second kappa shape index (κ2) is 12.7. The van der Waals surface area contributed by atoms with Crippen LogP contribution in [0.3, 0.4) is 0 Å². The van der Waals surface area contributed by atoms with Crippen LogP contribution in [0.15, 0.2) is 81.3 Å². The van der Waals surface area contributed by atoms with E-state index in [0.717, 1.165) is 51.7 Å². The van der Waals surface area contributed by atoms with Gasteiger partial charge in [-0.3, -0.25) is 4.21 Å². The number of thiophene rings is 2. The summed E-state index contributed by atoms with van der Waals surface area (Å²) >= 11 is 4.46. The van der Waals surface area contributed by atoms with Crippen LogP contribution in [-0.2, 0) is 27.7 Å². The lowest BCUT2D eigenvalue weighted by molar-refractivity contribution is -0.668. The molecule has 0 spiro atoms. The highest BCUT2D eigenvalue weighted by Crippen LogP contribution is 2.48. The van der Waals surface area contributed by atoms with Gasteiger partial charge in [-0.25, -0.2) is 8.42 Å². The van der Waals surface area contributed by atoms with Gasteiger partial charge in [-0.1, -0.05) is 58.4 Å². The lowest BCUT2D eigenvalue weighted by Gasteiger charge is -2.21. The fourth-order valence-corrected chi connectivity index (χ4v) is 9.50. The van der Waals surface area contributed by atoms with E-state index in [-0.39, 0.29) is 12.2 Å². The first-order valence-corrected chi connectivity index (χ1v) is 19.3. The molecule has 0 amide bonds. The predicted octanol–water partition coefficient (Wildman–Crippen LogP) is 6.76. The summed E-state index contributed by atoms with van der Waals surface area (Å²) in [6.07, 6.45) is 2.79. The average molecular weight is 674 g/mol. The molecule has 0 aliphatic carbocycles. The molecule has 5 aromatic rings. The van der Waals surface area contributed by atoms with Crippen molar-refractivity contribution in [2.75, 3.05) is 23.0 Å². The predicted molar refractivity (Wildman–Crippen MR) is 174 cm³/mol. The molecule has 0 radical (unpaired) electrons. The van der Waals surface area contributed by atoms with Gasteiger partial charge in [0, 0.05) is 45.2 Å². The molecule has 2 aromatic carbocycles. The van der Waals surface area contributed by atoms with Gasteiger partial charge in [-0.05, 0) is 58.6 Å². The van der Waals surface area contributed by atoms with Crippen LogP contribution in [-0.4, -0.2) is 39.8 Å². The number of anilines is 1. The van der Waals surface area contributed by atoms with Crippen molar-refractivity contribution in [2.24, 2.45) is 0 Å². The van der Waals surface area contributed by atoms with Crippen molar-refractivity contribution in [3.8, 4) is 20.9 Å². The number of thiazole rings is 1. The van der Waals surface area contributed by atoms with Gasteiger partial charge < -0.3 is 14.0 Å². The van der Waals surface area contributed by atoms with Crippen molar-refractivity contribution in [2.45, 2.75) is 24.3 Å². The van der Waals surface area contributed by atoms with E-state index >= 15 is 0 Å². The summed E-state index contributed by atoms with van der Waals surface area (Å²) in [7, 11) is -4.33. The number of thioether (sulfide) groups is 1. The Morgan fingerprint density at radius 1 is 0.952 bits per heavy atom. The summed E-state index contributed by atoms with van der Waals surface area (Å²) in [4.78, 5) is 5.58. The Kier molecular flexibility index (Phi) is 8.98. The van der Waals surface area contributed by atoms with Crippen molar-refractivity contribution in [1.29, 1.82) is 0 Å². The van der Waals surface area contributed by atoms with E-state index in [2.05, 4.69) is 64.1 Å². The van der Waals surface area contributed by atoms with Crippen LogP contribution in [0.25, 0.3) is 37.2 Å². The van der Waals surface area contributed by atoms with E-state index in [1.807, 2.05) is 22.9 Å². The monoisotopic (exact) mass is 673 g/mol. The Hall–Kier alpha value is -2.36. The van der Waals surface area contributed by atoms with E-state index in [4.69, 9.17) is 0 Å². The van der Waals surface area contributed by atoms with Gasteiger partial charge in [0.15, 0.2) is 6.54 Å². The molecule has 0 N–H and O–H groups in total. The van der Waals surface area contributed by atoms with Gasteiger partial charge in [0.25, 0.3) is 5.01 Å². The largest absolute Gasteiger partial charge is 0.772 e. The topological polar surface area (TPSA) is 104 Å². The molecular weight excluding hydrogens is 649 g/mol. The number of aromatic nitrogens is 1. The van der Waals surface area contributed by atoms with Crippen LogP contribution in [0.2, 0.25) is 0 Å². The summed E-state index contributed by atoms with van der Waals surface area (Å²) in [5.74, 6) is -0.353. The first-order chi connectivity index (χ1) is 20.2. The quantitative estimate of drug-likeness (QED) is 0.0867. The number of rotatable bonds is 11. The smallest absolute Gasteiger partial charge is 0.265 e. The van der Waals surface area contributed by atoms with Gasteiger partial charge in [0.05, 0.1) is 26.9 Å². The van der Waals surface area contributed by atoms with Gasteiger partial charge in [-0.15, -0.1) is 22.7 Å². The molecule has 1 unspecified atom stereocenters. The summed E-state index contributed by atoms with van der Waals surface area (Å²) < 4.78 is 60.0. The average Bonchev–Trinajstić information content (AvgIpc) is 3.75. The molecule has 6 rings (SSSR count). The molecule has 218 valence electrons. The Balaban J connectivity index is 1.41. The lowest BCUT2D eigenvalue weighted by atomic mass is 10.1. The van der Waals surface area contributed by atoms with Crippen molar-refractivity contribution < 1.29 is 26.3 Å². The van der Waals surface area contributed by atoms with Gasteiger partial charge in [-0.2, -0.15) is 4.57 Å². The highest BCUT2D eigenvalue weighted by Gasteiger charge is 2.28. The SMILES string of the molecule is O=S([O-])CCCN1/C(=C/c2sc3ccc(-c4cccs4)cc3[n+]2CCCS(=O)(=O)[O-])Sc2ccc(-c3cccs3)cc21. The van der Waals surface area contributed by atoms with E-state index in [1.165, 1.54) is 0 Å². The molecule has 1 atom stereocenters. The second-order valence-corrected chi connectivity index (χ2v) is 16.2. The van der Waals surface area contributed by atoms with Gasteiger partial charge in [0.2, 0.25) is 5.52 Å². The van der Waals surface area contributed by atoms with Crippen molar-refractivity contribution in [1.82, 2.24) is 0 Å². The minimum Gasteiger partial charge on any atom is -0.772 e. The first-order valence-electron chi connectivity index (χ1n) is 13.1. The molecule has 1 aliphatic heterocycles. The molecule has 0 bridgehead atoms. The zero-order valence-corrected chi connectivity index (χ0v) is 27.0. The molecule has 13 heteroatoms. The number of benzene rings is 2. The highest BCUT2D eigenvalue weighted by molar-refractivity contribution is 8.04. The fraction of sp³-hybridized carbons (Fsp3) is 0.207. The Morgan fingerprint density at radius 3 is 2.33 bits per heavy atom. The van der Waals surface area contributed by atoms with E-state index in [0.29, 0.717) is 19.5 Å². The molecule has 1 aliphatic rings. The van der Waals surface area contributed by atoms with Crippen LogP contribution in [0, 0.1) is 0 Å². The summed E-state index contributed by atoms with van der Waals surface area (Å²) in [6, 6.07) is 20.9. The number of fused-ring (bicyclic) bond motifs is 2. The number of hydrogen-bond donors (Lipinski definition) is 0. The van der Waals surface area contributed by atoms with E-state index in [9.17, 15) is 21.7 Å². The van der Waals surface area contributed by atoms with Crippen molar-refractivity contribution in [3.05, 3.63) is 81.5 Å². The van der Waals surface area contributed by atoms with Crippen LogP contribution >= 0.6 is 45.8 Å². The molecule has 42 heavy (non-hydrogen) atoms. The van der Waals surface area contributed by atoms with Crippen LogP contribution in [0.5, 0.6) is 0 Å². The van der Waals surface area contributed by atoms with Crippen molar-refractivity contribution >= 4 is 89.0 Å². The zero-order valence-electron chi connectivity index (χ0n) is 22.1. The number of nitrogens with zero attached hydrogens (tertiary/aromatic N) is 2. The van der Waals surface area contributed by atoms with Crippen LogP contribution < -0.4 is 9.47 Å². The normalized spacial score (nSPS) is 15.1. The maximum Gasteiger partial charge on any atom is 0.265 e. The summed E-state index contributed by atoms with van der Waals surface area (Å²) in [6.45, 7) is 0.916. The molecule has 0 saturated carbocycles. The minimum atomic E-state index is -4.33. The maximum atomic E-state index is 11.4. The third-order valence-corrected chi connectivity index (χ3v) is 12.3. The van der Waals surface area contributed by atoms with Crippen molar-refractivity contribution in [3.63, 3.8) is 0 Å². The Labute approximate surface area is 263 Å². The highest BCUT2D eigenvalue weighted by atomic mass is 32.2. The minimum absolute atomic E-state index is 0.0758. The van der Waals surface area contributed by atoms with E-state index < -0.39 is 27.0 Å². The summed E-state index contributed by atoms with van der Waals surface area (Å²) in [5, 5.41) is 5.99. The van der Waals surface area contributed by atoms with Gasteiger partial charge >= 0.3 is 0 Å². The third-order valence-electron chi connectivity index (χ3n) is 6.79. The van der Waals surface area contributed by atoms with E-state index in [1.54, 1.807) is 45.8 Å². The first kappa shape index (κ1) is 29.7. The third kappa shape index (κ3) is 6.73. The molecule has 4 heterocycles. The maximum absolute atomic E-state index is 11.4. The fourth-order valence-electron chi connectivity index (χ4n) is 4.92. The second-order valence-electron chi connectivity index (χ2n) is 9.62. The Morgan fingerprint density at radius 2 is 1.67 bits per heavy atom. The summed E-state index contributed by atoms with van der Waals surface area (Å²) in [5.41, 5.74) is 4.21. The van der Waals surface area contributed by atoms with Crippen LogP contribution in [0.1, 0.15) is 17.8 Å². The molecule has 0 fully saturated rings. The molecule has 0 saturated heterocycles.